The molecule has 0 N–H and O–H groups in total. The van der Waals surface area contributed by atoms with Crippen molar-refractivity contribution in [1.29, 1.82) is 0 Å². The number of hydrogen-bond acceptors (Lipinski definition) is 2. The van der Waals surface area contributed by atoms with Gasteiger partial charge in [0.05, 0.1) is 11.5 Å². The molecule has 0 unspecified atom stereocenters. The highest BCUT2D eigenvalue weighted by molar-refractivity contribution is 6.43. The monoisotopic (exact) mass is 185 g/mol. The van der Waals surface area contributed by atoms with Crippen LogP contribution in [0.1, 0.15) is 26.7 Å². The highest BCUT2D eigenvalue weighted by atomic mass is 28.3. The molecule has 3 heteroatoms. The summed E-state index contributed by atoms with van der Waals surface area (Å²) in [5.41, 5.74) is 0. The Labute approximate surface area is 76.7 Å². The lowest BCUT2D eigenvalue weighted by Crippen LogP contribution is -2.17. The van der Waals surface area contributed by atoms with Gasteiger partial charge in [0.25, 0.3) is 0 Å². The Morgan fingerprint density at radius 2 is 1.42 bits per heavy atom. The van der Waals surface area contributed by atoms with Gasteiger partial charge in [-0.05, 0) is 0 Å². The van der Waals surface area contributed by atoms with E-state index in [0.717, 1.165) is 24.4 Å². The minimum atomic E-state index is -1.21. The van der Waals surface area contributed by atoms with E-state index in [0.29, 0.717) is 0 Å². The predicted octanol–water partition coefficient (Wildman–Crippen LogP) is 2.99. The van der Waals surface area contributed by atoms with Gasteiger partial charge in [-0.2, -0.15) is 0 Å². The van der Waals surface area contributed by atoms with Crippen molar-refractivity contribution >= 4 is 9.28 Å². The van der Waals surface area contributed by atoms with E-state index in [9.17, 15) is 0 Å². The molecule has 0 heterocycles. The Morgan fingerprint density at radius 3 is 1.67 bits per heavy atom. The van der Waals surface area contributed by atoms with Gasteiger partial charge in [0.2, 0.25) is 0 Å². The molecule has 0 rings (SSSR count). The Kier molecular flexibility index (Phi) is 5.54. The summed E-state index contributed by atoms with van der Waals surface area (Å²) < 4.78 is 10.8. The molecule has 69 valence electrons. The smallest absolute Gasteiger partial charge is 0.514 e. The topological polar surface area (TPSA) is 18.5 Å². The van der Waals surface area contributed by atoms with Crippen LogP contribution in [0.4, 0.5) is 0 Å². The maximum Gasteiger partial charge on any atom is 0.528 e. The molecular formula is C9H17O2Si. The summed E-state index contributed by atoms with van der Waals surface area (Å²) >= 11 is 0. The van der Waals surface area contributed by atoms with Crippen molar-refractivity contribution in [3.05, 3.63) is 24.7 Å². The molecule has 0 aliphatic carbocycles. The average Bonchev–Trinajstić information content (AvgIpc) is 2.03. The van der Waals surface area contributed by atoms with Crippen molar-refractivity contribution in [1.82, 2.24) is 0 Å². The van der Waals surface area contributed by atoms with Crippen molar-refractivity contribution in [2.45, 2.75) is 33.2 Å². The summed E-state index contributed by atoms with van der Waals surface area (Å²) in [4.78, 5) is 0. The molecule has 0 aromatic carbocycles. The molecule has 0 atom stereocenters. The number of allylic oxidation sites excluding steroid dienone is 2. The van der Waals surface area contributed by atoms with Crippen molar-refractivity contribution in [3.8, 4) is 0 Å². The zero-order valence-corrected chi connectivity index (χ0v) is 9.14. The highest BCUT2D eigenvalue weighted by Crippen LogP contribution is 2.07. The maximum absolute atomic E-state index is 5.40. The SMILES string of the molecule is C=C(CC)O[Si](C)OC(=C)CC. The molecule has 0 saturated carbocycles. The van der Waals surface area contributed by atoms with Crippen LogP contribution in [0.5, 0.6) is 0 Å². The zero-order valence-electron chi connectivity index (χ0n) is 8.14. The lowest BCUT2D eigenvalue weighted by molar-refractivity contribution is 0.290. The predicted molar refractivity (Wildman–Crippen MR) is 52.7 cm³/mol. The number of hydrogen-bond donors (Lipinski definition) is 0. The van der Waals surface area contributed by atoms with Gasteiger partial charge < -0.3 is 8.85 Å². The van der Waals surface area contributed by atoms with E-state index in [-0.39, 0.29) is 0 Å². The van der Waals surface area contributed by atoms with Gasteiger partial charge in [-0.25, -0.2) is 0 Å². The summed E-state index contributed by atoms with van der Waals surface area (Å²) in [7, 11) is -1.21. The van der Waals surface area contributed by atoms with Crippen molar-refractivity contribution in [3.63, 3.8) is 0 Å². The molecule has 0 spiro atoms. The van der Waals surface area contributed by atoms with E-state index in [4.69, 9.17) is 8.85 Å². The van der Waals surface area contributed by atoms with Gasteiger partial charge in [-0.15, -0.1) is 0 Å². The van der Waals surface area contributed by atoms with Crippen LogP contribution in [-0.4, -0.2) is 9.28 Å². The molecule has 12 heavy (non-hydrogen) atoms. The molecule has 0 aliphatic rings. The summed E-state index contributed by atoms with van der Waals surface area (Å²) in [5, 5.41) is 0. The first kappa shape index (κ1) is 11.3. The van der Waals surface area contributed by atoms with E-state index < -0.39 is 9.28 Å². The zero-order chi connectivity index (χ0) is 9.56. The Morgan fingerprint density at radius 1 is 1.08 bits per heavy atom. The van der Waals surface area contributed by atoms with Crippen LogP contribution in [-0.2, 0) is 8.85 Å². The van der Waals surface area contributed by atoms with E-state index in [2.05, 4.69) is 13.2 Å². The van der Waals surface area contributed by atoms with Crippen molar-refractivity contribution in [2.24, 2.45) is 0 Å². The van der Waals surface area contributed by atoms with Crippen LogP contribution in [0.25, 0.3) is 0 Å². The normalized spacial score (nSPS) is 9.67. The Bertz CT molecular complexity index is 148. The third-order valence-electron chi connectivity index (χ3n) is 1.36. The quantitative estimate of drug-likeness (QED) is 0.468. The fraction of sp³-hybridized carbons (Fsp3) is 0.556. The lowest BCUT2D eigenvalue weighted by atomic mass is 10.4. The van der Waals surface area contributed by atoms with Gasteiger partial charge in [0, 0.05) is 19.4 Å². The molecule has 0 saturated heterocycles. The summed E-state index contributed by atoms with van der Waals surface area (Å²) in [5.74, 6) is 1.57. The third kappa shape index (κ3) is 5.01. The van der Waals surface area contributed by atoms with Crippen LogP contribution in [0, 0.1) is 0 Å². The first-order chi connectivity index (χ1) is 5.60. The fourth-order valence-corrected chi connectivity index (χ4v) is 1.72. The lowest BCUT2D eigenvalue weighted by Gasteiger charge is -2.14. The van der Waals surface area contributed by atoms with E-state index in [1.54, 1.807) is 0 Å². The fourth-order valence-electron chi connectivity index (χ4n) is 0.572. The summed E-state index contributed by atoms with van der Waals surface area (Å²) in [6.45, 7) is 13.4. The molecule has 0 aromatic rings. The van der Waals surface area contributed by atoms with Crippen LogP contribution in [0.2, 0.25) is 6.55 Å². The van der Waals surface area contributed by atoms with E-state index in [1.165, 1.54) is 0 Å². The summed E-state index contributed by atoms with van der Waals surface area (Å²) in [6, 6.07) is 0. The minimum Gasteiger partial charge on any atom is -0.514 e. The maximum atomic E-state index is 5.40. The van der Waals surface area contributed by atoms with Crippen molar-refractivity contribution < 1.29 is 8.85 Å². The van der Waals surface area contributed by atoms with Gasteiger partial charge in [0.15, 0.2) is 0 Å². The molecule has 2 nitrogen and oxygen atoms in total. The molecule has 1 radical (unpaired) electrons. The Hall–Kier alpha value is -0.703. The molecule has 0 amide bonds. The second-order valence-electron chi connectivity index (χ2n) is 2.48. The van der Waals surface area contributed by atoms with Crippen molar-refractivity contribution in [2.75, 3.05) is 0 Å². The molecule has 0 aliphatic heterocycles. The molecule has 0 bridgehead atoms. The van der Waals surface area contributed by atoms with E-state index >= 15 is 0 Å². The third-order valence-corrected chi connectivity index (χ3v) is 2.52. The summed E-state index contributed by atoms with van der Waals surface area (Å²) in [6.07, 6.45) is 1.67. The highest BCUT2D eigenvalue weighted by Gasteiger charge is 2.12. The average molecular weight is 185 g/mol. The van der Waals surface area contributed by atoms with Gasteiger partial charge in [-0.3, -0.25) is 0 Å². The Balaban J connectivity index is 3.66. The first-order valence-electron chi connectivity index (χ1n) is 4.14. The second kappa shape index (κ2) is 5.89. The molecular weight excluding hydrogens is 168 g/mol. The molecule has 0 aromatic heterocycles. The molecule has 0 fully saturated rings. The van der Waals surface area contributed by atoms with Crippen LogP contribution in [0.3, 0.4) is 0 Å². The van der Waals surface area contributed by atoms with Gasteiger partial charge in [-0.1, -0.05) is 27.0 Å². The largest absolute Gasteiger partial charge is 0.528 e. The van der Waals surface area contributed by atoms with Gasteiger partial charge >= 0.3 is 9.28 Å². The van der Waals surface area contributed by atoms with Gasteiger partial charge in [0.1, 0.15) is 0 Å². The number of rotatable bonds is 6. The second-order valence-corrected chi connectivity index (χ2v) is 3.87. The van der Waals surface area contributed by atoms with E-state index in [1.807, 2.05) is 20.4 Å². The standard InChI is InChI=1S/C9H17O2Si/c1-6-8(3)10-12(5)11-9(4)7-2/h3-4,6-7H2,1-2,5H3. The van der Waals surface area contributed by atoms with Crippen LogP contribution >= 0.6 is 0 Å². The van der Waals surface area contributed by atoms with Crippen LogP contribution < -0.4 is 0 Å². The minimum absolute atomic E-state index is 0.787. The first-order valence-corrected chi connectivity index (χ1v) is 5.96. The van der Waals surface area contributed by atoms with Crippen LogP contribution in [0.15, 0.2) is 24.7 Å².